The van der Waals surface area contributed by atoms with Crippen molar-refractivity contribution in [3.63, 3.8) is 0 Å². The lowest BCUT2D eigenvalue weighted by molar-refractivity contribution is 0.326. The molecular weight excluding hydrogens is 360 g/mol. The van der Waals surface area contributed by atoms with E-state index < -0.39 is 10.0 Å². The van der Waals surface area contributed by atoms with Gasteiger partial charge in [-0.2, -0.15) is 5.10 Å². The van der Waals surface area contributed by atoms with Crippen LogP contribution in [0.1, 0.15) is 30.7 Å². The van der Waals surface area contributed by atoms with E-state index in [-0.39, 0.29) is 0 Å². The van der Waals surface area contributed by atoms with Crippen molar-refractivity contribution < 1.29 is 8.42 Å². The molecule has 0 N–H and O–H groups in total. The summed E-state index contributed by atoms with van der Waals surface area (Å²) in [5.41, 5.74) is 2.01. The van der Waals surface area contributed by atoms with Gasteiger partial charge in [0, 0.05) is 13.1 Å². The zero-order chi connectivity index (χ0) is 19.6. The van der Waals surface area contributed by atoms with E-state index in [0.29, 0.717) is 35.3 Å². The van der Waals surface area contributed by atoms with Crippen molar-refractivity contribution in [3.8, 4) is 0 Å². The molecule has 1 aliphatic carbocycles. The van der Waals surface area contributed by atoms with E-state index in [1.54, 1.807) is 11.2 Å². The number of anilines is 1. The molecule has 6 nitrogen and oxygen atoms in total. The second kappa shape index (κ2) is 8.02. The predicted octanol–water partition coefficient (Wildman–Crippen LogP) is 3.06. The third-order valence-corrected chi connectivity index (χ3v) is 7.36. The maximum Gasteiger partial charge on any atom is 0.268 e. The normalized spacial score (nSPS) is 15.1. The topological polar surface area (TPSA) is 58.4 Å². The number of hydrogen-bond donors (Lipinski definition) is 0. The lowest BCUT2D eigenvalue weighted by atomic mass is 9.85. The summed E-state index contributed by atoms with van der Waals surface area (Å²) in [4.78, 5) is 2.42. The highest BCUT2D eigenvalue weighted by Crippen LogP contribution is 2.33. The average Bonchev–Trinajstić information content (AvgIpc) is 2.86. The highest BCUT2D eigenvalue weighted by Gasteiger charge is 2.34. The minimum absolute atomic E-state index is 0.351. The van der Waals surface area contributed by atoms with E-state index in [9.17, 15) is 8.42 Å². The zero-order valence-electron chi connectivity index (χ0n) is 16.7. The largest absolute Gasteiger partial charge is 0.308 e. The standard InChI is InChI=1S/C20H30N4O2S/c1-16-20(17(2)23(21-16)14-13-22(3)4)27(25,26)24(15-18-9-8-10-18)19-11-6-5-7-12-19/h5-7,11-12,18H,8-10,13-15H2,1-4H3. The number of para-hydroxylation sites is 1. The SMILES string of the molecule is Cc1nn(CCN(C)C)c(C)c1S(=O)(=O)N(CC1CCC1)c1ccccc1. The molecule has 1 aromatic heterocycles. The third-order valence-electron chi connectivity index (χ3n) is 5.32. The summed E-state index contributed by atoms with van der Waals surface area (Å²) >= 11 is 0. The Labute approximate surface area is 162 Å². The van der Waals surface area contributed by atoms with Gasteiger partial charge in [-0.1, -0.05) is 24.6 Å². The molecule has 1 heterocycles. The molecule has 0 radical (unpaired) electrons. The van der Waals surface area contributed by atoms with E-state index in [1.807, 2.05) is 56.0 Å². The summed E-state index contributed by atoms with van der Waals surface area (Å²) in [5.74, 6) is 0.435. The zero-order valence-corrected chi connectivity index (χ0v) is 17.5. The van der Waals surface area contributed by atoms with Gasteiger partial charge in [-0.15, -0.1) is 0 Å². The fourth-order valence-corrected chi connectivity index (χ4v) is 5.44. The predicted molar refractivity (Wildman–Crippen MR) is 109 cm³/mol. The molecule has 0 amide bonds. The van der Waals surface area contributed by atoms with Crippen LogP contribution in [0.5, 0.6) is 0 Å². The Bertz CT molecular complexity index is 871. The second-order valence-electron chi connectivity index (χ2n) is 7.69. The van der Waals surface area contributed by atoms with Crippen LogP contribution < -0.4 is 4.31 Å². The Balaban J connectivity index is 1.99. The van der Waals surface area contributed by atoms with Crippen LogP contribution in [0.25, 0.3) is 0 Å². The average molecular weight is 391 g/mol. The minimum Gasteiger partial charge on any atom is -0.308 e. The minimum atomic E-state index is -3.67. The number of hydrogen-bond acceptors (Lipinski definition) is 4. The molecule has 0 atom stereocenters. The number of aryl methyl sites for hydroxylation is 1. The van der Waals surface area contributed by atoms with E-state index in [2.05, 4.69) is 10.00 Å². The monoisotopic (exact) mass is 390 g/mol. The van der Waals surface area contributed by atoms with Gasteiger partial charge in [0.15, 0.2) is 0 Å². The first kappa shape index (κ1) is 19.9. The number of aromatic nitrogens is 2. The van der Waals surface area contributed by atoms with Crippen molar-refractivity contribution in [3.05, 3.63) is 41.7 Å². The summed E-state index contributed by atoms with van der Waals surface area (Å²) in [6.45, 7) is 5.66. The van der Waals surface area contributed by atoms with Crippen molar-refractivity contribution in [2.45, 2.75) is 44.6 Å². The molecular formula is C20H30N4O2S. The summed E-state index contributed by atoms with van der Waals surface area (Å²) in [7, 11) is 0.330. The van der Waals surface area contributed by atoms with Crippen LogP contribution in [0.2, 0.25) is 0 Å². The van der Waals surface area contributed by atoms with Crippen LogP contribution >= 0.6 is 0 Å². The van der Waals surface area contributed by atoms with Gasteiger partial charge in [-0.25, -0.2) is 8.42 Å². The lowest BCUT2D eigenvalue weighted by Crippen LogP contribution is -2.38. The van der Waals surface area contributed by atoms with Gasteiger partial charge in [0.2, 0.25) is 0 Å². The van der Waals surface area contributed by atoms with Crippen LogP contribution in [-0.2, 0) is 16.6 Å². The Hall–Kier alpha value is -1.86. The summed E-state index contributed by atoms with van der Waals surface area (Å²) in [6, 6.07) is 9.43. The van der Waals surface area contributed by atoms with Crippen LogP contribution in [0.3, 0.4) is 0 Å². The second-order valence-corrected chi connectivity index (χ2v) is 9.49. The van der Waals surface area contributed by atoms with Gasteiger partial charge in [0.25, 0.3) is 10.0 Å². The lowest BCUT2D eigenvalue weighted by Gasteiger charge is -2.33. The fraction of sp³-hybridized carbons (Fsp3) is 0.550. The van der Waals surface area contributed by atoms with E-state index in [0.717, 1.165) is 25.1 Å². The highest BCUT2D eigenvalue weighted by atomic mass is 32.2. The molecule has 3 rings (SSSR count). The maximum absolute atomic E-state index is 13.7. The van der Waals surface area contributed by atoms with Gasteiger partial charge in [0.05, 0.1) is 23.6 Å². The molecule has 1 saturated carbocycles. The molecule has 2 aromatic rings. The van der Waals surface area contributed by atoms with E-state index in [4.69, 9.17) is 0 Å². The Morgan fingerprint density at radius 3 is 2.37 bits per heavy atom. The summed E-state index contributed by atoms with van der Waals surface area (Å²) < 4.78 is 30.7. The van der Waals surface area contributed by atoms with E-state index in [1.165, 1.54) is 6.42 Å². The molecule has 7 heteroatoms. The Morgan fingerprint density at radius 1 is 1.15 bits per heavy atom. The van der Waals surface area contributed by atoms with Crippen molar-refractivity contribution in [2.75, 3.05) is 31.5 Å². The summed E-state index contributed by atoms with van der Waals surface area (Å²) in [6.07, 6.45) is 3.38. The van der Waals surface area contributed by atoms with Crippen LogP contribution in [0.15, 0.2) is 35.2 Å². The first-order valence-electron chi connectivity index (χ1n) is 9.57. The molecule has 148 valence electrons. The van der Waals surface area contributed by atoms with Gasteiger partial charge in [-0.3, -0.25) is 8.99 Å². The van der Waals surface area contributed by atoms with Crippen LogP contribution in [-0.4, -0.2) is 50.3 Å². The number of sulfonamides is 1. The highest BCUT2D eigenvalue weighted by molar-refractivity contribution is 7.93. The van der Waals surface area contributed by atoms with Crippen LogP contribution in [0.4, 0.5) is 5.69 Å². The molecule has 1 aliphatic rings. The number of nitrogens with zero attached hydrogens (tertiary/aromatic N) is 4. The number of benzene rings is 1. The Kier molecular flexibility index (Phi) is 5.91. The molecule has 27 heavy (non-hydrogen) atoms. The van der Waals surface area contributed by atoms with Gasteiger partial charge < -0.3 is 4.90 Å². The maximum atomic E-state index is 13.7. The molecule has 1 fully saturated rings. The smallest absolute Gasteiger partial charge is 0.268 e. The van der Waals surface area contributed by atoms with Crippen molar-refractivity contribution in [1.29, 1.82) is 0 Å². The molecule has 0 aliphatic heterocycles. The van der Waals surface area contributed by atoms with Crippen molar-refractivity contribution >= 4 is 15.7 Å². The van der Waals surface area contributed by atoms with Crippen molar-refractivity contribution in [1.82, 2.24) is 14.7 Å². The quantitative estimate of drug-likeness (QED) is 0.695. The number of likely N-dealkylation sites (N-methyl/N-ethyl adjacent to an activating group) is 1. The number of rotatable bonds is 8. The van der Waals surface area contributed by atoms with E-state index >= 15 is 0 Å². The first-order valence-corrected chi connectivity index (χ1v) is 11.0. The van der Waals surface area contributed by atoms with Crippen molar-refractivity contribution in [2.24, 2.45) is 5.92 Å². The van der Waals surface area contributed by atoms with Gasteiger partial charge in [-0.05, 0) is 58.8 Å². The fourth-order valence-electron chi connectivity index (χ4n) is 3.52. The molecule has 0 spiro atoms. The van der Waals surface area contributed by atoms with Gasteiger partial charge >= 0.3 is 0 Å². The van der Waals surface area contributed by atoms with Gasteiger partial charge in [0.1, 0.15) is 4.90 Å². The molecule has 0 unspecified atom stereocenters. The summed E-state index contributed by atoms with van der Waals surface area (Å²) in [5, 5.41) is 4.52. The Morgan fingerprint density at radius 2 is 1.81 bits per heavy atom. The molecule has 1 aromatic carbocycles. The first-order chi connectivity index (χ1) is 12.8. The molecule has 0 saturated heterocycles. The third kappa shape index (κ3) is 4.19. The molecule has 0 bridgehead atoms. The van der Waals surface area contributed by atoms with Crippen LogP contribution in [0, 0.1) is 19.8 Å².